The van der Waals surface area contributed by atoms with E-state index in [4.69, 9.17) is 0 Å². The molecule has 20 heavy (non-hydrogen) atoms. The summed E-state index contributed by atoms with van der Waals surface area (Å²) in [6.45, 7) is 1.91. The maximum atomic E-state index is 12.8. The zero-order valence-electron chi connectivity index (χ0n) is 10.9. The van der Waals surface area contributed by atoms with Crippen LogP contribution in [-0.2, 0) is 6.42 Å². The Morgan fingerprint density at radius 3 is 2.70 bits per heavy atom. The highest BCUT2D eigenvalue weighted by Crippen LogP contribution is 2.23. The first-order valence-electron chi connectivity index (χ1n) is 6.15. The van der Waals surface area contributed by atoms with Crippen molar-refractivity contribution in [3.63, 3.8) is 0 Å². The molecule has 1 heterocycles. The summed E-state index contributed by atoms with van der Waals surface area (Å²) in [5, 5.41) is 14.0. The first-order chi connectivity index (χ1) is 9.56. The molecule has 0 saturated heterocycles. The molecule has 104 valence electrons. The molecule has 1 aromatic carbocycles. The van der Waals surface area contributed by atoms with E-state index in [1.165, 1.54) is 24.5 Å². The summed E-state index contributed by atoms with van der Waals surface area (Å²) >= 11 is 0. The second-order valence-electron chi connectivity index (χ2n) is 4.53. The number of pyridine rings is 1. The number of nitrogens with zero attached hydrogens (tertiary/aromatic N) is 2. The lowest BCUT2D eigenvalue weighted by Gasteiger charge is -2.15. The van der Waals surface area contributed by atoms with Gasteiger partial charge in [-0.05, 0) is 37.1 Å². The van der Waals surface area contributed by atoms with E-state index >= 15 is 0 Å². The molecule has 1 atom stereocenters. The van der Waals surface area contributed by atoms with Gasteiger partial charge in [-0.2, -0.15) is 0 Å². The van der Waals surface area contributed by atoms with Crippen LogP contribution in [0.5, 0.6) is 0 Å². The molecule has 2 rings (SSSR count). The van der Waals surface area contributed by atoms with Crippen molar-refractivity contribution in [2.24, 2.45) is 0 Å². The Kier molecular flexibility index (Phi) is 4.24. The largest absolute Gasteiger partial charge is 0.377 e. The molecule has 0 aliphatic rings. The highest BCUT2D eigenvalue weighted by Gasteiger charge is 2.15. The van der Waals surface area contributed by atoms with E-state index in [1.54, 1.807) is 18.2 Å². The van der Waals surface area contributed by atoms with Crippen LogP contribution in [0.15, 0.2) is 42.7 Å². The molecule has 1 unspecified atom stereocenters. The molecule has 0 aliphatic heterocycles. The molecular weight excluding hydrogens is 261 g/mol. The molecule has 0 amide bonds. The van der Waals surface area contributed by atoms with Gasteiger partial charge in [-0.15, -0.1) is 0 Å². The van der Waals surface area contributed by atoms with Crippen molar-refractivity contribution in [2.75, 3.05) is 5.32 Å². The first kappa shape index (κ1) is 13.9. The van der Waals surface area contributed by atoms with Gasteiger partial charge in [0.25, 0.3) is 0 Å². The summed E-state index contributed by atoms with van der Waals surface area (Å²) in [5.41, 5.74) is 1.33. The highest BCUT2D eigenvalue weighted by atomic mass is 19.1. The second-order valence-corrected chi connectivity index (χ2v) is 4.53. The minimum absolute atomic E-state index is 0.0263. The van der Waals surface area contributed by atoms with Crippen molar-refractivity contribution in [3.8, 4) is 0 Å². The smallest absolute Gasteiger partial charge is 0.310 e. The number of anilines is 1. The van der Waals surface area contributed by atoms with Gasteiger partial charge in [-0.1, -0.05) is 12.1 Å². The SMILES string of the molecule is CC(Cc1ccc(F)cc1)Nc1ccncc1[N+](=O)[O-]. The average Bonchev–Trinajstić information content (AvgIpc) is 2.41. The van der Waals surface area contributed by atoms with Crippen LogP contribution < -0.4 is 5.32 Å². The molecule has 0 radical (unpaired) electrons. The summed E-state index contributed by atoms with van der Waals surface area (Å²) in [6, 6.07) is 7.75. The Balaban J connectivity index is 2.06. The van der Waals surface area contributed by atoms with E-state index in [-0.39, 0.29) is 17.5 Å². The van der Waals surface area contributed by atoms with E-state index in [2.05, 4.69) is 10.3 Å². The molecule has 1 N–H and O–H groups in total. The molecule has 2 aromatic rings. The van der Waals surface area contributed by atoms with Gasteiger partial charge in [0, 0.05) is 12.2 Å². The zero-order valence-corrected chi connectivity index (χ0v) is 10.9. The standard InChI is InChI=1S/C14H14FN3O2/c1-10(8-11-2-4-12(15)5-3-11)17-13-6-7-16-9-14(13)18(19)20/h2-7,9-10H,8H2,1H3,(H,16,17). The topological polar surface area (TPSA) is 68.1 Å². The van der Waals surface area contributed by atoms with Crippen molar-refractivity contribution in [1.29, 1.82) is 0 Å². The second kappa shape index (κ2) is 6.10. The summed E-state index contributed by atoms with van der Waals surface area (Å²) in [4.78, 5) is 14.2. The normalized spacial score (nSPS) is 11.9. The number of hydrogen-bond acceptors (Lipinski definition) is 4. The number of nitro groups is 1. The van der Waals surface area contributed by atoms with Crippen LogP contribution in [0.3, 0.4) is 0 Å². The fourth-order valence-corrected chi connectivity index (χ4v) is 1.94. The number of halogens is 1. The first-order valence-corrected chi connectivity index (χ1v) is 6.15. The van der Waals surface area contributed by atoms with Crippen molar-refractivity contribution in [3.05, 3.63) is 64.2 Å². The molecule has 0 aliphatic carbocycles. The Hall–Kier alpha value is -2.50. The number of hydrogen-bond donors (Lipinski definition) is 1. The fourth-order valence-electron chi connectivity index (χ4n) is 1.94. The zero-order chi connectivity index (χ0) is 14.5. The number of nitrogens with one attached hydrogen (secondary N) is 1. The van der Waals surface area contributed by atoms with Crippen LogP contribution >= 0.6 is 0 Å². The van der Waals surface area contributed by atoms with E-state index in [1.807, 2.05) is 6.92 Å². The van der Waals surface area contributed by atoms with Crippen molar-refractivity contribution < 1.29 is 9.31 Å². The molecule has 0 spiro atoms. The highest BCUT2D eigenvalue weighted by molar-refractivity contribution is 5.60. The third-order valence-corrected chi connectivity index (χ3v) is 2.85. The van der Waals surface area contributed by atoms with Crippen LogP contribution in [0, 0.1) is 15.9 Å². The van der Waals surface area contributed by atoms with Crippen LogP contribution in [0.2, 0.25) is 0 Å². The lowest BCUT2D eigenvalue weighted by Crippen LogP contribution is -2.18. The predicted molar refractivity (Wildman–Crippen MR) is 74.1 cm³/mol. The van der Waals surface area contributed by atoms with Gasteiger partial charge in [0.1, 0.15) is 17.7 Å². The van der Waals surface area contributed by atoms with Crippen LogP contribution in [0.25, 0.3) is 0 Å². The van der Waals surface area contributed by atoms with E-state index in [0.29, 0.717) is 12.1 Å². The van der Waals surface area contributed by atoms with Gasteiger partial charge in [-0.3, -0.25) is 15.1 Å². The van der Waals surface area contributed by atoms with Gasteiger partial charge in [0.2, 0.25) is 0 Å². The van der Waals surface area contributed by atoms with Gasteiger partial charge >= 0.3 is 5.69 Å². The van der Waals surface area contributed by atoms with Crippen molar-refractivity contribution in [2.45, 2.75) is 19.4 Å². The minimum atomic E-state index is -0.472. The van der Waals surface area contributed by atoms with Gasteiger partial charge in [0.15, 0.2) is 0 Å². The number of benzene rings is 1. The van der Waals surface area contributed by atoms with Crippen LogP contribution in [0.4, 0.5) is 15.8 Å². The molecule has 5 nitrogen and oxygen atoms in total. The summed E-state index contributed by atoms with van der Waals surface area (Å²) in [7, 11) is 0. The lowest BCUT2D eigenvalue weighted by molar-refractivity contribution is -0.384. The molecular formula is C14H14FN3O2. The predicted octanol–water partition coefficient (Wildman–Crippen LogP) is 3.17. The molecule has 0 fully saturated rings. The Morgan fingerprint density at radius 2 is 2.05 bits per heavy atom. The molecule has 6 heteroatoms. The third-order valence-electron chi connectivity index (χ3n) is 2.85. The monoisotopic (exact) mass is 275 g/mol. The Morgan fingerprint density at radius 1 is 1.35 bits per heavy atom. The van der Waals surface area contributed by atoms with E-state index < -0.39 is 4.92 Å². The third kappa shape index (κ3) is 3.50. The molecule has 0 saturated carbocycles. The van der Waals surface area contributed by atoms with Crippen molar-refractivity contribution in [1.82, 2.24) is 4.98 Å². The number of rotatable bonds is 5. The molecule has 0 bridgehead atoms. The maximum absolute atomic E-state index is 12.8. The van der Waals surface area contributed by atoms with Gasteiger partial charge < -0.3 is 5.32 Å². The minimum Gasteiger partial charge on any atom is -0.377 e. The van der Waals surface area contributed by atoms with Gasteiger partial charge in [-0.25, -0.2) is 4.39 Å². The fraction of sp³-hybridized carbons (Fsp3) is 0.214. The Labute approximate surface area is 115 Å². The maximum Gasteiger partial charge on any atom is 0.310 e. The average molecular weight is 275 g/mol. The Bertz CT molecular complexity index is 602. The lowest BCUT2D eigenvalue weighted by atomic mass is 10.1. The summed E-state index contributed by atoms with van der Waals surface area (Å²) in [6.07, 6.45) is 3.35. The van der Waals surface area contributed by atoms with Crippen LogP contribution in [-0.4, -0.2) is 15.9 Å². The molecule has 1 aromatic heterocycles. The van der Waals surface area contributed by atoms with Gasteiger partial charge in [0.05, 0.1) is 4.92 Å². The quantitative estimate of drug-likeness (QED) is 0.672. The number of aromatic nitrogens is 1. The van der Waals surface area contributed by atoms with Crippen LogP contribution in [0.1, 0.15) is 12.5 Å². The van der Waals surface area contributed by atoms with E-state index in [0.717, 1.165) is 5.56 Å². The van der Waals surface area contributed by atoms with E-state index in [9.17, 15) is 14.5 Å². The van der Waals surface area contributed by atoms with Crippen molar-refractivity contribution >= 4 is 11.4 Å². The summed E-state index contributed by atoms with van der Waals surface area (Å²) < 4.78 is 12.8. The summed E-state index contributed by atoms with van der Waals surface area (Å²) in [5.74, 6) is -0.279.